The Labute approximate surface area is 149 Å². The molecule has 0 saturated carbocycles. The fourth-order valence-electron chi connectivity index (χ4n) is 2.86. The number of carboxylic acid groups (broad SMARTS) is 1. The number of hydrogen-bond acceptors (Lipinski definition) is 3. The first-order chi connectivity index (χ1) is 11.8. The van der Waals surface area contributed by atoms with Gasteiger partial charge in [-0.25, -0.2) is 4.79 Å². The molecule has 2 aromatic rings. The van der Waals surface area contributed by atoms with Gasteiger partial charge in [-0.15, -0.1) is 0 Å². The van der Waals surface area contributed by atoms with Crippen molar-refractivity contribution in [3.05, 3.63) is 64.7 Å². The maximum absolute atomic E-state index is 11.1. The number of carboxylic acids is 1. The van der Waals surface area contributed by atoms with Gasteiger partial charge in [-0.2, -0.15) is 0 Å². The zero-order chi connectivity index (χ0) is 18.6. The standard InChI is InChI=1S/C21H26O4/c1-13(2)16-10-7-11-17(14(3)4)20(16)25-12-15-8-5-6-9-18(15)19(22)21(23)24/h5-11,13-14,19,22H,12H2,1-4H3,(H,23,24). The Morgan fingerprint density at radius 1 is 0.920 bits per heavy atom. The number of aliphatic hydroxyl groups is 1. The highest BCUT2D eigenvalue weighted by Gasteiger charge is 2.20. The van der Waals surface area contributed by atoms with E-state index in [1.807, 2.05) is 12.1 Å². The van der Waals surface area contributed by atoms with Crippen molar-refractivity contribution >= 4 is 5.97 Å². The molecule has 4 nitrogen and oxygen atoms in total. The molecule has 0 fully saturated rings. The van der Waals surface area contributed by atoms with Crippen LogP contribution in [0.1, 0.15) is 67.9 Å². The number of aliphatic carboxylic acids is 1. The number of aliphatic hydroxyl groups excluding tert-OH is 1. The SMILES string of the molecule is CC(C)c1cccc(C(C)C)c1OCc1ccccc1C(O)C(=O)O. The van der Waals surface area contributed by atoms with Crippen molar-refractivity contribution in [3.8, 4) is 5.75 Å². The van der Waals surface area contributed by atoms with Gasteiger partial charge in [-0.3, -0.25) is 0 Å². The van der Waals surface area contributed by atoms with Gasteiger partial charge in [0.05, 0.1) is 0 Å². The Morgan fingerprint density at radius 2 is 1.44 bits per heavy atom. The van der Waals surface area contributed by atoms with Gasteiger partial charge in [-0.05, 0) is 34.1 Å². The molecule has 0 aliphatic carbocycles. The quantitative estimate of drug-likeness (QED) is 0.770. The first-order valence-electron chi connectivity index (χ1n) is 8.57. The van der Waals surface area contributed by atoms with E-state index < -0.39 is 12.1 Å². The number of para-hydroxylation sites is 1. The average Bonchev–Trinajstić information content (AvgIpc) is 2.58. The summed E-state index contributed by atoms with van der Waals surface area (Å²) in [6, 6.07) is 13.1. The predicted octanol–water partition coefficient (Wildman–Crippen LogP) is 4.63. The van der Waals surface area contributed by atoms with Crippen LogP contribution in [-0.2, 0) is 11.4 Å². The van der Waals surface area contributed by atoms with Crippen LogP contribution >= 0.6 is 0 Å². The van der Waals surface area contributed by atoms with Crippen LogP contribution in [-0.4, -0.2) is 16.2 Å². The monoisotopic (exact) mass is 342 g/mol. The summed E-state index contributed by atoms with van der Waals surface area (Å²) in [5, 5.41) is 19.0. The van der Waals surface area contributed by atoms with Gasteiger partial charge in [-0.1, -0.05) is 70.2 Å². The molecule has 0 saturated heterocycles. The van der Waals surface area contributed by atoms with E-state index in [-0.39, 0.29) is 6.61 Å². The van der Waals surface area contributed by atoms with Crippen LogP contribution in [0.2, 0.25) is 0 Å². The van der Waals surface area contributed by atoms with E-state index in [0.29, 0.717) is 23.0 Å². The summed E-state index contributed by atoms with van der Waals surface area (Å²) in [4.78, 5) is 11.1. The van der Waals surface area contributed by atoms with Crippen LogP contribution in [0.25, 0.3) is 0 Å². The van der Waals surface area contributed by atoms with Crippen molar-refractivity contribution in [2.75, 3.05) is 0 Å². The van der Waals surface area contributed by atoms with Gasteiger partial charge in [0.15, 0.2) is 6.10 Å². The van der Waals surface area contributed by atoms with Crippen molar-refractivity contribution in [1.82, 2.24) is 0 Å². The molecule has 4 heteroatoms. The maximum atomic E-state index is 11.1. The molecule has 134 valence electrons. The largest absolute Gasteiger partial charge is 0.488 e. The molecule has 0 aromatic heterocycles. The molecule has 0 spiro atoms. The van der Waals surface area contributed by atoms with E-state index in [9.17, 15) is 9.90 Å². The molecule has 0 aliphatic rings. The molecule has 2 rings (SSSR count). The van der Waals surface area contributed by atoms with Crippen molar-refractivity contribution in [1.29, 1.82) is 0 Å². The van der Waals surface area contributed by atoms with E-state index in [1.54, 1.807) is 18.2 Å². The van der Waals surface area contributed by atoms with Crippen molar-refractivity contribution < 1.29 is 19.7 Å². The Hall–Kier alpha value is -2.33. The van der Waals surface area contributed by atoms with Crippen LogP contribution in [0.3, 0.4) is 0 Å². The zero-order valence-electron chi connectivity index (χ0n) is 15.2. The Kier molecular flexibility index (Phi) is 6.21. The maximum Gasteiger partial charge on any atom is 0.337 e. The van der Waals surface area contributed by atoms with Crippen molar-refractivity contribution in [2.24, 2.45) is 0 Å². The van der Waals surface area contributed by atoms with Gasteiger partial charge in [0.2, 0.25) is 0 Å². The van der Waals surface area contributed by atoms with Gasteiger partial charge < -0.3 is 14.9 Å². The van der Waals surface area contributed by atoms with Gasteiger partial charge in [0.1, 0.15) is 12.4 Å². The smallest absolute Gasteiger partial charge is 0.337 e. The number of rotatable bonds is 7. The van der Waals surface area contributed by atoms with Gasteiger partial charge in [0.25, 0.3) is 0 Å². The Bertz CT molecular complexity index is 708. The number of benzene rings is 2. The second-order valence-electron chi connectivity index (χ2n) is 6.80. The molecule has 2 aromatic carbocycles. The summed E-state index contributed by atoms with van der Waals surface area (Å²) in [6.45, 7) is 8.69. The number of hydrogen-bond donors (Lipinski definition) is 2. The number of ether oxygens (including phenoxy) is 1. The lowest BCUT2D eigenvalue weighted by atomic mass is 9.94. The molecule has 0 radical (unpaired) electrons. The van der Waals surface area contributed by atoms with Crippen LogP contribution in [0.4, 0.5) is 0 Å². The molecule has 1 atom stereocenters. The summed E-state index contributed by atoms with van der Waals surface area (Å²) in [7, 11) is 0. The fraction of sp³-hybridized carbons (Fsp3) is 0.381. The van der Waals surface area contributed by atoms with Gasteiger partial charge >= 0.3 is 5.97 Å². The summed E-state index contributed by atoms with van der Waals surface area (Å²) < 4.78 is 6.14. The molecule has 0 bridgehead atoms. The van der Waals surface area contributed by atoms with Crippen LogP contribution in [0.15, 0.2) is 42.5 Å². The lowest BCUT2D eigenvalue weighted by Crippen LogP contribution is -2.14. The third-order valence-corrected chi connectivity index (χ3v) is 4.28. The molecular formula is C21H26O4. The van der Waals surface area contributed by atoms with Gasteiger partial charge in [0, 0.05) is 0 Å². The van der Waals surface area contributed by atoms with E-state index in [2.05, 4.69) is 39.8 Å². The lowest BCUT2D eigenvalue weighted by molar-refractivity contribution is -0.147. The third-order valence-electron chi connectivity index (χ3n) is 4.28. The van der Waals surface area contributed by atoms with E-state index >= 15 is 0 Å². The normalized spacial score (nSPS) is 12.4. The third kappa shape index (κ3) is 4.40. The van der Waals surface area contributed by atoms with Crippen LogP contribution < -0.4 is 4.74 Å². The second-order valence-corrected chi connectivity index (χ2v) is 6.80. The first kappa shape index (κ1) is 19.0. The second kappa shape index (κ2) is 8.17. The highest BCUT2D eigenvalue weighted by Crippen LogP contribution is 2.35. The Morgan fingerprint density at radius 3 is 1.96 bits per heavy atom. The average molecular weight is 342 g/mol. The summed E-state index contributed by atoms with van der Waals surface area (Å²) in [6.07, 6.45) is -1.55. The highest BCUT2D eigenvalue weighted by atomic mass is 16.5. The molecule has 25 heavy (non-hydrogen) atoms. The fourth-order valence-corrected chi connectivity index (χ4v) is 2.86. The van der Waals surface area contributed by atoms with Crippen LogP contribution in [0.5, 0.6) is 5.75 Å². The Balaban J connectivity index is 2.35. The topological polar surface area (TPSA) is 66.8 Å². The number of carbonyl (C=O) groups is 1. The molecule has 0 heterocycles. The van der Waals surface area contributed by atoms with E-state index in [0.717, 1.165) is 16.9 Å². The van der Waals surface area contributed by atoms with Crippen LogP contribution in [0, 0.1) is 0 Å². The zero-order valence-corrected chi connectivity index (χ0v) is 15.2. The molecular weight excluding hydrogens is 316 g/mol. The van der Waals surface area contributed by atoms with Crippen molar-refractivity contribution in [2.45, 2.75) is 52.2 Å². The minimum Gasteiger partial charge on any atom is -0.488 e. The minimum atomic E-state index is -1.55. The predicted molar refractivity (Wildman–Crippen MR) is 98.0 cm³/mol. The summed E-state index contributed by atoms with van der Waals surface area (Å²) in [5.74, 6) is 0.215. The van der Waals surface area contributed by atoms with E-state index in [4.69, 9.17) is 9.84 Å². The van der Waals surface area contributed by atoms with E-state index in [1.165, 1.54) is 0 Å². The summed E-state index contributed by atoms with van der Waals surface area (Å²) in [5.41, 5.74) is 3.29. The molecule has 0 aliphatic heterocycles. The highest BCUT2D eigenvalue weighted by molar-refractivity contribution is 5.74. The molecule has 2 N–H and O–H groups in total. The molecule has 1 unspecified atom stereocenters. The molecule has 0 amide bonds. The lowest BCUT2D eigenvalue weighted by Gasteiger charge is -2.21. The van der Waals surface area contributed by atoms with Crippen molar-refractivity contribution in [3.63, 3.8) is 0 Å². The summed E-state index contributed by atoms with van der Waals surface area (Å²) >= 11 is 0. The minimum absolute atomic E-state index is 0.212. The first-order valence-corrected chi connectivity index (χ1v) is 8.57.